The largest absolute Gasteiger partial charge is 0.381 e. The Labute approximate surface area is 98.3 Å². The minimum Gasteiger partial charge on any atom is -0.381 e. The minimum absolute atomic E-state index is 0.424. The highest BCUT2D eigenvalue weighted by atomic mass is 14.9. The molecule has 2 nitrogen and oxygen atoms in total. The van der Waals surface area contributed by atoms with Crippen molar-refractivity contribution >= 4 is 5.69 Å². The van der Waals surface area contributed by atoms with E-state index in [1.54, 1.807) is 0 Å². The first kappa shape index (κ1) is 12.6. The highest BCUT2D eigenvalue weighted by molar-refractivity contribution is 5.62. The number of nitriles is 1. The van der Waals surface area contributed by atoms with E-state index in [2.05, 4.69) is 32.2 Å². The molecule has 2 heteroatoms. The molecule has 0 aliphatic heterocycles. The molecule has 1 atom stereocenters. The third-order valence-electron chi connectivity index (χ3n) is 2.97. The summed E-state index contributed by atoms with van der Waals surface area (Å²) in [5, 5.41) is 12.6. The standard InChI is InChI=1S/C14H20N2/c1-5-13(10(2)3)16-14-11(4)7-6-8-12(14)9-15/h6-8,10,13,16H,5H2,1-4H3. The summed E-state index contributed by atoms with van der Waals surface area (Å²) in [4.78, 5) is 0. The SMILES string of the molecule is CCC(Nc1c(C)cccc1C#N)C(C)C. The predicted molar refractivity (Wildman–Crippen MR) is 68.4 cm³/mol. The van der Waals surface area contributed by atoms with Gasteiger partial charge in [0.25, 0.3) is 0 Å². The molecule has 1 N–H and O–H groups in total. The second kappa shape index (κ2) is 5.55. The molecule has 16 heavy (non-hydrogen) atoms. The van der Waals surface area contributed by atoms with Crippen molar-refractivity contribution in [3.8, 4) is 6.07 Å². The van der Waals surface area contributed by atoms with Gasteiger partial charge in [-0.2, -0.15) is 5.26 Å². The van der Waals surface area contributed by atoms with Crippen LogP contribution in [0.2, 0.25) is 0 Å². The average Bonchev–Trinajstić information content (AvgIpc) is 2.26. The topological polar surface area (TPSA) is 35.8 Å². The van der Waals surface area contributed by atoms with E-state index in [0.717, 1.165) is 23.2 Å². The lowest BCUT2D eigenvalue weighted by Crippen LogP contribution is -2.25. The summed E-state index contributed by atoms with van der Waals surface area (Å²) < 4.78 is 0. The second-order valence-electron chi connectivity index (χ2n) is 4.51. The van der Waals surface area contributed by atoms with Gasteiger partial charge in [-0.1, -0.05) is 32.9 Å². The van der Waals surface area contributed by atoms with E-state index in [4.69, 9.17) is 5.26 Å². The van der Waals surface area contributed by atoms with Gasteiger partial charge in [-0.15, -0.1) is 0 Å². The Morgan fingerprint density at radius 3 is 2.56 bits per heavy atom. The van der Waals surface area contributed by atoms with Crippen LogP contribution < -0.4 is 5.32 Å². The van der Waals surface area contributed by atoms with Gasteiger partial charge in [0, 0.05) is 6.04 Å². The van der Waals surface area contributed by atoms with Crippen LogP contribution in [0.3, 0.4) is 0 Å². The molecule has 1 rings (SSSR count). The molecular weight excluding hydrogens is 196 g/mol. The van der Waals surface area contributed by atoms with Crippen molar-refractivity contribution in [2.24, 2.45) is 5.92 Å². The van der Waals surface area contributed by atoms with E-state index >= 15 is 0 Å². The van der Waals surface area contributed by atoms with Gasteiger partial charge >= 0.3 is 0 Å². The van der Waals surface area contributed by atoms with Gasteiger partial charge < -0.3 is 5.32 Å². The molecular formula is C14H20N2. The molecule has 0 fully saturated rings. The lowest BCUT2D eigenvalue weighted by molar-refractivity contribution is 0.511. The van der Waals surface area contributed by atoms with Gasteiger partial charge in [0.2, 0.25) is 0 Å². The summed E-state index contributed by atoms with van der Waals surface area (Å²) in [7, 11) is 0. The smallest absolute Gasteiger partial charge is 0.101 e. The Kier molecular flexibility index (Phi) is 4.37. The van der Waals surface area contributed by atoms with Crippen LogP contribution in [-0.4, -0.2) is 6.04 Å². The Morgan fingerprint density at radius 1 is 1.38 bits per heavy atom. The number of hydrogen-bond donors (Lipinski definition) is 1. The van der Waals surface area contributed by atoms with E-state index in [0.29, 0.717) is 12.0 Å². The van der Waals surface area contributed by atoms with Crippen molar-refractivity contribution in [2.45, 2.75) is 40.2 Å². The molecule has 0 amide bonds. The molecule has 0 bridgehead atoms. The Morgan fingerprint density at radius 2 is 2.06 bits per heavy atom. The van der Waals surface area contributed by atoms with E-state index in [-0.39, 0.29) is 0 Å². The fourth-order valence-corrected chi connectivity index (χ4v) is 1.88. The van der Waals surface area contributed by atoms with Gasteiger partial charge in [-0.3, -0.25) is 0 Å². The summed E-state index contributed by atoms with van der Waals surface area (Å²) in [6.45, 7) is 8.61. The number of rotatable bonds is 4. The molecule has 1 aromatic carbocycles. The Balaban J connectivity index is 3.00. The number of aryl methyl sites for hydroxylation is 1. The van der Waals surface area contributed by atoms with Crippen LogP contribution in [0.4, 0.5) is 5.69 Å². The van der Waals surface area contributed by atoms with Gasteiger partial charge in [0.15, 0.2) is 0 Å². The Bertz CT molecular complexity index is 388. The molecule has 0 saturated heterocycles. The van der Waals surface area contributed by atoms with Crippen LogP contribution >= 0.6 is 0 Å². The summed E-state index contributed by atoms with van der Waals surface area (Å²) >= 11 is 0. The lowest BCUT2D eigenvalue weighted by atomic mass is 10.00. The van der Waals surface area contributed by atoms with Gasteiger partial charge in [0.05, 0.1) is 11.3 Å². The number of anilines is 1. The molecule has 0 spiro atoms. The first-order valence-corrected chi connectivity index (χ1v) is 5.86. The van der Waals surface area contributed by atoms with Crippen molar-refractivity contribution in [3.63, 3.8) is 0 Å². The maximum absolute atomic E-state index is 9.08. The first-order chi connectivity index (χ1) is 7.60. The monoisotopic (exact) mass is 216 g/mol. The van der Waals surface area contributed by atoms with Crippen LogP contribution in [0.25, 0.3) is 0 Å². The van der Waals surface area contributed by atoms with Crippen molar-refractivity contribution in [3.05, 3.63) is 29.3 Å². The molecule has 0 saturated carbocycles. The highest BCUT2D eigenvalue weighted by Gasteiger charge is 2.13. The number of para-hydroxylation sites is 1. The zero-order valence-electron chi connectivity index (χ0n) is 10.5. The summed E-state index contributed by atoms with van der Waals surface area (Å²) in [5.41, 5.74) is 2.86. The second-order valence-corrected chi connectivity index (χ2v) is 4.51. The van der Waals surface area contributed by atoms with Crippen LogP contribution in [0, 0.1) is 24.2 Å². The van der Waals surface area contributed by atoms with Crippen LogP contribution in [-0.2, 0) is 0 Å². The van der Waals surface area contributed by atoms with E-state index in [9.17, 15) is 0 Å². The van der Waals surface area contributed by atoms with Crippen molar-refractivity contribution < 1.29 is 0 Å². The normalized spacial score (nSPS) is 12.2. The van der Waals surface area contributed by atoms with Crippen molar-refractivity contribution in [1.82, 2.24) is 0 Å². The van der Waals surface area contributed by atoms with E-state index in [1.165, 1.54) is 0 Å². The zero-order chi connectivity index (χ0) is 12.1. The molecule has 1 aromatic rings. The van der Waals surface area contributed by atoms with Crippen molar-refractivity contribution in [1.29, 1.82) is 5.26 Å². The zero-order valence-corrected chi connectivity index (χ0v) is 10.5. The predicted octanol–water partition coefficient (Wildman–Crippen LogP) is 3.71. The molecule has 0 aliphatic carbocycles. The summed E-state index contributed by atoms with van der Waals surface area (Å²) in [6, 6.07) is 8.49. The van der Waals surface area contributed by atoms with Crippen LogP contribution in [0.5, 0.6) is 0 Å². The molecule has 0 radical (unpaired) electrons. The highest BCUT2D eigenvalue weighted by Crippen LogP contribution is 2.23. The average molecular weight is 216 g/mol. The number of nitrogens with one attached hydrogen (secondary N) is 1. The third-order valence-corrected chi connectivity index (χ3v) is 2.97. The molecule has 0 aliphatic rings. The third kappa shape index (κ3) is 2.76. The van der Waals surface area contributed by atoms with Gasteiger partial charge in [-0.25, -0.2) is 0 Å². The fourth-order valence-electron chi connectivity index (χ4n) is 1.88. The number of hydrogen-bond acceptors (Lipinski definition) is 2. The first-order valence-electron chi connectivity index (χ1n) is 5.86. The number of benzene rings is 1. The molecule has 86 valence electrons. The van der Waals surface area contributed by atoms with Crippen LogP contribution in [0.15, 0.2) is 18.2 Å². The molecule has 1 unspecified atom stereocenters. The van der Waals surface area contributed by atoms with Crippen LogP contribution in [0.1, 0.15) is 38.3 Å². The Hall–Kier alpha value is -1.49. The van der Waals surface area contributed by atoms with E-state index in [1.807, 2.05) is 25.1 Å². The summed E-state index contributed by atoms with van der Waals surface area (Å²) in [5.74, 6) is 0.566. The minimum atomic E-state index is 0.424. The quantitative estimate of drug-likeness (QED) is 0.832. The summed E-state index contributed by atoms with van der Waals surface area (Å²) in [6.07, 6.45) is 1.07. The number of nitrogens with zero attached hydrogens (tertiary/aromatic N) is 1. The van der Waals surface area contributed by atoms with Gasteiger partial charge in [0.1, 0.15) is 6.07 Å². The molecule has 0 heterocycles. The fraction of sp³-hybridized carbons (Fsp3) is 0.500. The maximum atomic E-state index is 9.08. The molecule has 0 aromatic heterocycles. The van der Waals surface area contributed by atoms with Crippen molar-refractivity contribution in [2.75, 3.05) is 5.32 Å². The lowest BCUT2D eigenvalue weighted by Gasteiger charge is -2.23. The van der Waals surface area contributed by atoms with E-state index < -0.39 is 0 Å². The maximum Gasteiger partial charge on any atom is 0.101 e. The van der Waals surface area contributed by atoms with Gasteiger partial charge in [-0.05, 0) is 30.9 Å².